The van der Waals surface area contributed by atoms with Crippen molar-refractivity contribution in [2.75, 3.05) is 19.1 Å². The Kier molecular flexibility index (Phi) is 9.85. The van der Waals surface area contributed by atoms with Crippen molar-refractivity contribution in [3.8, 4) is 0 Å². The molecule has 1 aromatic rings. The van der Waals surface area contributed by atoms with Gasteiger partial charge < -0.3 is 10.1 Å². The molecule has 0 aliphatic heterocycles. The molecule has 0 radical (unpaired) electrons. The predicted octanol–water partition coefficient (Wildman–Crippen LogP) is 11.6. The quantitative estimate of drug-likeness (QED) is 0.157. The second kappa shape index (κ2) is 13.4. The van der Waals surface area contributed by atoms with Gasteiger partial charge in [0, 0.05) is 18.0 Å². The zero-order valence-corrected chi connectivity index (χ0v) is 33.3. The van der Waals surface area contributed by atoms with Crippen LogP contribution in [0, 0.1) is 56.7 Å². The first-order chi connectivity index (χ1) is 24.2. The van der Waals surface area contributed by atoms with Crippen LogP contribution in [0.4, 0.5) is 4.39 Å². The number of halogens is 2. The van der Waals surface area contributed by atoms with Crippen LogP contribution in [0.5, 0.6) is 0 Å². The number of alkyl halides is 2. The lowest BCUT2D eigenvalue weighted by Gasteiger charge is -2.72. The Morgan fingerprint density at radius 1 is 0.922 bits per heavy atom. The number of carbonyl (C=O) groups excluding carboxylic acids is 1. The van der Waals surface area contributed by atoms with Gasteiger partial charge in [0.2, 0.25) is 0 Å². The fourth-order valence-corrected chi connectivity index (χ4v) is 14.4. The number of ether oxygens (including phenoxy) is 1. The zero-order chi connectivity index (χ0) is 36.5. The third-order valence-corrected chi connectivity index (χ3v) is 17.3. The summed E-state index contributed by atoms with van der Waals surface area (Å²) in [7, 11) is 0. The largest absolute Gasteiger partial charge is 0.460 e. The number of hydrogen-bond donors (Lipinski definition) is 1. The smallest absolute Gasteiger partial charge is 0.315 e. The molecule has 4 fully saturated rings. The molecule has 280 valence electrons. The van der Waals surface area contributed by atoms with Gasteiger partial charge in [-0.05, 0) is 152 Å². The molecule has 0 amide bonds. The van der Waals surface area contributed by atoms with E-state index in [-0.39, 0.29) is 23.0 Å². The van der Waals surface area contributed by atoms with Crippen molar-refractivity contribution in [2.45, 2.75) is 131 Å². The maximum absolute atomic E-state index is 14.7. The van der Waals surface area contributed by atoms with Crippen LogP contribution < -0.4 is 5.32 Å². The molecule has 3 nitrogen and oxygen atoms in total. The van der Waals surface area contributed by atoms with Gasteiger partial charge in [0.15, 0.2) is 0 Å². The van der Waals surface area contributed by atoms with Crippen molar-refractivity contribution in [3.05, 3.63) is 71.3 Å². The summed E-state index contributed by atoms with van der Waals surface area (Å²) in [6.07, 6.45) is 17.9. The molecule has 0 saturated heterocycles. The summed E-state index contributed by atoms with van der Waals surface area (Å²) < 4.78 is 20.4. The van der Waals surface area contributed by atoms with Crippen LogP contribution in [-0.2, 0) is 16.1 Å². The second-order valence-electron chi connectivity index (χ2n) is 19.4. The molecule has 1 N–H and O–H groups in total. The first kappa shape index (κ1) is 37.4. The standard InChI is InChI=1S/C46H65ClFNO2/c1-31(2)34-17-24-46(49-28-27-47)26-25-43(6)36(39(34)46)13-14-38-42(5)20-18-35(41(3,4)37(42)19-21-44(38,43)7)33-15-22-45(30-48,23-16-33)40(50)51-29-32-11-9-8-10-12-32/h8-12,15,18,34,36-39,49H,1,13-14,16-17,19-30H2,2-7H3. The monoisotopic (exact) mass is 717 g/mol. The number of esters is 1. The number of fused-ring (bicyclic) bond motifs is 7. The number of rotatable bonds is 9. The number of carbonyl (C=O) groups is 1. The minimum Gasteiger partial charge on any atom is -0.460 e. The molecule has 1 aromatic carbocycles. The summed E-state index contributed by atoms with van der Waals surface area (Å²) in [6.45, 7) is 20.4. The molecule has 10 unspecified atom stereocenters. The van der Waals surface area contributed by atoms with Crippen LogP contribution in [0.25, 0.3) is 0 Å². The molecule has 0 heterocycles. The van der Waals surface area contributed by atoms with Crippen LogP contribution in [0.15, 0.2) is 65.8 Å². The average Bonchev–Trinajstić information content (AvgIpc) is 3.50. The van der Waals surface area contributed by atoms with Crippen molar-refractivity contribution in [2.24, 2.45) is 56.7 Å². The maximum Gasteiger partial charge on any atom is 0.315 e. The van der Waals surface area contributed by atoms with E-state index in [0.717, 1.165) is 24.9 Å². The highest BCUT2D eigenvalue weighted by Crippen LogP contribution is 2.76. The van der Waals surface area contributed by atoms with Gasteiger partial charge in [-0.15, -0.1) is 11.6 Å². The van der Waals surface area contributed by atoms with E-state index in [1.807, 2.05) is 30.3 Å². The molecule has 5 heteroatoms. The molecular weight excluding hydrogens is 653 g/mol. The summed E-state index contributed by atoms with van der Waals surface area (Å²) in [5.41, 5.74) is 5.12. The van der Waals surface area contributed by atoms with Crippen molar-refractivity contribution in [1.29, 1.82) is 0 Å². The van der Waals surface area contributed by atoms with Crippen LogP contribution in [0.1, 0.15) is 124 Å². The van der Waals surface area contributed by atoms with E-state index in [9.17, 15) is 9.18 Å². The van der Waals surface area contributed by atoms with Gasteiger partial charge in [-0.25, -0.2) is 4.39 Å². The molecule has 6 aliphatic rings. The minimum absolute atomic E-state index is 0.0190. The Balaban J connectivity index is 1.13. The van der Waals surface area contributed by atoms with Gasteiger partial charge >= 0.3 is 5.97 Å². The van der Waals surface area contributed by atoms with Gasteiger partial charge in [0.25, 0.3) is 0 Å². The Hall–Kier alpha value is -1.91. The van der Waals surface area contributed by atoms with Crippen molar-refractivity contribution in [3.63, 3.8) is 0 Å². The van der Waals surface area contributed by atoms with Crippen molar-refractivity contribution >= 4 is 17.6 Å². The van der Waals surface area contributed by atoms with Gasteiger partial charge in [-0.3, -0.25) is 4.79 Å². The molecule has 0 aromatic heterocycles. The third kappa shape index (κ3) is 5.68. The summed E-state index contributed by atoms with van der Waals surface area (Å²) in [5.74, 6) is 3.53. The highest BCUT2D eigenvalue weighted by atomic mass is 35.5. The summed E-state index contributed by atoms with van der Waals surface area (Å²) in [5, 5.41) is 4.06. The van der Waals surface area contributed by atoms with Gasteiger partial charge in [0.05, 0.1) is 5.41 Å². The first-order valence-electron chi connectivity index (χ1n) is 20.3. The second-order valence-corrected chi connectivity index (χ2v) is 19.8. The Morgan fingerprint density at radius 2 is 1.69 bits per heavy atom. The summed E-state index contributed by atoms with van der Waals surface area (Å²) in [6, 6.07) is 9.69. The van der Waals surface area contributed by atoms with Crippen molar-refractivity contribution < 1.29 is 13.9 Å². The van der Waals surface area contributed by atoms with Crippen LogP contribution in [-0.4, -0.2) is 30.6 Å². The number of allylic oxidation sites excluding steroid dienone is 5. The fraction of sp³-hybridized carbons (Fsp3) is 0.717. The minimum atomic E-state index is -1.08. The Bertz CT molecular complexity index is 1570. The molecule has 10 atom stereocenters. The SMILES string of the molecule is C=C(C)C1CCC2(NCCCl)CCC3(C)C(CCC4C5(C)CC=C(C6=CCC(CF)(C(=O)OCc7ccccc7)CC6)C(C)(C)C5CCC43C)C12. The summed E-state index contributed by atoms with van der Waals surface area (Å²) in [4.78, 5) is 13.3. The Morgan fingerprint density at radius 3 is 2.35 bits per heavy atom. The predicted molar refractivity (Wildman–Crippen MR) is 208 cm³/mol. The normalized spacial score (nSPS) is 42.7. The van der Waals surface area contributed by atoms with E-state index >= 15 is 0 Å². The summed E-state index contributed by atoms with van der Waals surface area (Å²) >= 11 is 6.29. The van der Waals surface area contributed by atoms with E-state index in [1.165, 1.54) is 68.1 Å². The maximum atomic E-state index is 14.7. The van der Waals surface area contributed by atoms with E-state index in [1.54, 1.807) is 0 Å². The van der Waals surface area contributed by atoms with E-state index in [4.69, 9.17) is 16.3 Å². The zero-order valence-electron chi connectivity index (χ0n) is 32.5. The van der Waals surface area contributed by atoms with Crippen molar-refractivity contribution in [1.82, 2.24) is 5.32 Å². The fourth-order valence-electron chi connectivity index (χ4n) is 14.3. The van der Waals surface area contributed by atoms with E-state index in [2.05, 4.69) is 65.6 Å². The van der Waals surface area contributed by atoms with E-state index < -0.39 is 18.1 Å². The van der Waals surface area contributed by atoms with Gasteiger partial charge in [0.1, 0.15) is 13.3 Å². The van der Waals surface area contributed by atoms with Crippen LogP contribution >= 0.6 is 11.6 Å². The number of nitrogens with one attached hydrogen (secondary N) is 1. The molecule has 7 rings (SSSR count). The first-order valence-corrected chi connectivity index (χ1v) is 20.9. The number of hydrogen-bond acceptors (Lipinski definition) is 3. The molecule has 51 heavy (non-hydrogen) atoms. The van der Waals surface area contributed by atoms with Crippen LogP contribution in [0.3, 0.4) is 0 Å². The highest BCUT2D eigenvalue weighted by Gasteiger charge is 2.70. The molecule has 4 saturated carbocycles. The lowest BCUT2D eigenvalue weighted by molar-refractivity contribution is -0.221. The number of benzene rings is 1. The molecule has 0 bridgehead atoms. The lowest BCUT2D eigenvalue weighted by atomic mass is 9.33. The lowest BCUT2D eigenvalue weighted by Crippen LogP contribution is -2.68. The molecular formula is C46H65ClFNO2. The van der Waals surface area contributed by atoms with Gasteiger partial charge in [-0.1, -0.05) is 89.3 Å². The van der Waals surface area contributed by atoms with Crippen LogP contribution in [0.2, 0.25) is 0 Å². The van der Waals surface area contributed by atoms with E-state index in [0.29, 0.717) is 59.1 Å². The topological polar surface area (TPSA) is 38.3 Å². The average molecular weight is 718 g/mol. The molecule has 6 aliphatic carbocycles. The Labute approximate surface area is 313 Å². The molecule has 0 spiro atoms. The van der Waals surface area contributed by atoms with Gasteiger partial charge in [-0.2, -0.15) is 0 Å². The highest BCUT2D eigenvalue weighted by molar-refractivity contribution is 6.18. The third-order valence-electron chi connectivity index (χ3n) is 17.1.